The van der Waals surface area contributed by atoms with Crippen molar-refractivity contribution >= 4 is 39.9 Å². The van der Waals surface area contributed by atoms with Gasteiger partial charge in [-0.05, 0) is 44.8 Å². The van der Waals surface area contributed by atoms with Crippen LogP contribution in [-0.4, -0.2) is 46.2 Å². The van der Waals surface area contributed by atoms with Crippen molar-refractivity contribution in [3.05, 3.63) is 75.2 Å². The van der Waals surface area contributed by atoms with Gasteiger partial charge in [-0.2, -0.15) is 5.10 Å². The number of hydrogen-bond donors (Lipinski definition) is 3. The molecule has 0 radical (unpaired) electrons. The number of aryl methyl sites for hydroxylation is 1. The van der Waals surface area contributed by atoms with E-state index in [1.165, 1.54) is 10.8 Å². The first-order valence-electron chi connectivity index (χ1n) is 11.3. The van der Waals surface area contributed by atoms with E-state index in [4.69, 9.17) is 27.2 Å². The summed E-state index contributed by atoms with van der Waals surface area (Å²) in [6.45, 7) is 2.69. The monoisotopic (exact) mass is 504 g/mol. The number of aromatic nitrogens is 3. The maximum Gasteiger partial charge on any atom is 0.261 e. The first-order chi connectivity index (χ1) is 17.2. The van der Waals surface area contributed by atoms with Gasteiger partial charge in [-0.3, -0.25) is 9.59 Å². The first kappa shape index (κ1) is 23.7. The largest absolute Gasteiger partial charge is 0.485 e. The van der Waals surface area contributed by atoms with Crippen LogP contribution < -0.4 is 21.3 Å². The number of nitrogens with zero attached hydrogens (tertiary/aromatic N) is 3. The van der Waals surface area contributed by atoms with Crippen LogP contribution in [0.15, 0.2) is 53.3 Å². The van der Waals surface area contributed by atoms with Crippen molar-refractivity contribution in [2.24, 2.45) is 0 Å². The van der Waals surface area contributed by atoms with E-state index in [0.717, 1.165) is 5.56 Å². The number of halogens is 1. The summed E-state index contributed by atoms with van der Waals surface area (Å²) in [5, 5.41) is 8.34. The number of benzene rings is 2. The minimum Gasteiger partial charge on any atom is -0.485 e. The molecular weight excluding hydrogens is 480 g/mol. The zero-order valence-corrected chi connectivity index (χ0v) is 20.8. The van der Waals surface area contributed by atoms with Gasteiger partial charge in [0.1, 0.15) is 23.3 Å². The summed E-state index contributed by atoms with van der Waals surface area (Å²) in [7, 11) is 3.85. The molecule has 4 N–H and O–H groups in total. The van der Waals surface area contributed by atoms with Gasteiger partial charge in [0.15, 0.2) is 5.75 Å². The Bertz CT molecular complexity index is 1600. The normalized spacial score (nSPS) is 12.6. The van der Waals surface area contributed by atoms with Crippen molar-refractivity contribution < 1.29 is 9.53 Å². The van der Waals surface area contributed by atoms with Crippen LogP contribution in [0.2, 0.25) is 5.02 Å². The van der Waals surface area contributed by atoms with Gasteiger partial charge in [0.25, 0.3) is 5.56 Å². The lowest BCUT2D eigenvalue weighted by molar-refractivity contribution is -0.111. The van der Waals surface area contributed by atoms with Crippen molar-refractivity contribution in [2.45, 2.75) is 13.5 Å². The topological polar surface area (TPSA) is 118 Å². The number of nitrogen functional groups attached to an aromatic ring is 1. The number of ether oxygens (including phenoxy) is 1. The number of likely N-dealkylation sites (N-methyl/N-ethyl adjacent to an activating group) is 1. The molecule has 1 amide bonds. The Kier molecular flexibility index (Phi) is 6.03. The fourth-order valence-electron chi connectivity index (χ4n) is 4.28. The van der Waals surface area contributed by atoms with Crippen molar-refractivity contribution in [1.82, 2.24) is 19.7 Å². The minimum atomic E-state index is -0.362. The second-order valence-electron chi connectivity index (χ2n) is 8.91. The number of amides is 1. The summed E-state index contributed by atoms with van der Waals surface area (Å²) in [6, 6.07) is 11.0. The van der Waals surface area contributed by atoms with Gasteiger partial charge < -0.3 is 25.7 Å². The maximum absolute atomic E-state index is 13.0. The third kappa shape index (κ3) is 4.12. The van der Waals surface area contributed by atoms with Crippen LogP contribution in [0.3, 0.4) is 0 Å². The molecule has 10 heteroatoms. The number of pyridine rings is 1. The average molecular weight is 505 g/mol. The lowest BCUT2D eigenvalue weighted by Gasteiger charge is -2.23. The van der Waals surface area contributed by atoms with E-state index in [9.17, 15) is 9.59 Å². The predicted octanol–water partition coefficient (Wildman–Crippen LogP) is 3.87. The molecule has 0 unspecified atom stereocenters. The molecule has 0 atom stereocenters. The Balaban J connectivity index is 1.64. The number of fused-ring (bicyclic) bond motifs is 5. The molecule has 0 saturated heterocycles. The maximum atomic E-state index is 13.0. The SMILES string of the molecule is Cc1ccc(Cl)c(-n2nc3c4c([nH]c(=O)c3c2N)COc2c(NC(=O)/C=C/CN(C)C)cccc2-4)c1. The highest BCUT2D eigenvalue weighted by Gasteiger charge is 2.28. The number of aromatic amines is 1. The molecule has 2 aromatic heterocycles. The van der Waals surface area contributed by atoms with E-state index in [-0.39, 0.29) is 29.3 Å². The number of para-hydroxylation sites is 1. The number of hydrogen-bond acceptors (Lipinski definition) is 6. The highest BCUT2D eigenvalue weighted by molar-refractivity contribution is 6.32. The number of rotatable bonds is 5. The summed E-state index contributed by atoms with van der Waals surface area (Å²) < 4.78 is 7.47. The molecule has 1 aliphatic heterocycles. The Labute approximate surface area is 212 Å². The molecule has 0 bridgehead atoms. The number of carbonyl (C=O) groups is 1. The summed E-state index contributed by atoms with van der Waals surface area (Å²) in [4.78, 5) is 30.3. The fraction of sp³-hybridized carbons (Fsp3) is 0.192. The second kappa shape index (κ2) is 9.18. The van der Waals surface area contributed by atoms with Crippen LogP contribution >= 0.6 is 11.6 Å². The highest BCUT2D eigenvalue weighted by atomic mass is 35.5. The van der Waals surface area contributed by atoms with Crippen LogP contribution in [0, 0.1) is 6.92 Å². The Morgan fingerprint density at radius 1 is 1.33 bits per heavy atom. The lowest BCUT2D eigenvalue weighted by atomic mass is 9.98. The molecule has 2 aromatic carbocycles. The Hall–Kier alpha value is -4.08. The standard InChI is InChI=1S/C26H25ClN6O3/c1-14-9-10-16(27)19(12-14)33-25(28)22-23(31-33)21-15-6-4-7-17(29-20(34)8-5-11-32(2)3)24(15)36-13-18(21)30-26(22)35/h4-10,12H,11,13,28H2,1-3H3,(H,29,34)(H,30,35)/b8-5+. The van der Waals surface area contributed by atoms with E-state index < -0.39 is 0 Å². The summed E-state index contributed by atoms with van der Waals surface area (Å²) >= 11 is 6.45. The number of nitrogens with two attached hydrogens (primary N) is 1. The number of nitrogens with one attached hydrogen (secondary N) is 2. The van der Waals surface area contributed by atoms with Crippen LogP contribution in [0.1, 0.15) is 11.3 Å². The molecule has 9 nitrogen and oxygen atoms in total. The minimum absolute atomic E-state index is 0.106. The lowest BCUT2D eigenvalue weighted by Crippen LogP contribution is -2.18. The van der Waals surface area contributed by atoms with Gasteiger partial charge in [-0.15, -0.1) is 0 Å². The second-order valence-corrected chi connectivity index (χ2v) is 9.32. The molecule has 0 saturated carbocycles. The molecule has 36 heavy (non-hydrogen) atoms. The van der Waals surface area contributed by atoms with E-state index in [0.29, 0.717) is 51.0 Å². The van der Waals surface area contributed by atoms with Crippen molar-refractivity contribution in [2.75, 3.05) is 31.7 Å². The van der Waals surface area contributed by atoms with Crippen LogP contribution in [0.4, 0.5) is 11.5 Å². The van der Waals surface area contributed by atoms with Crippen LogP contribution in [0.25, 0.3) is 27.7 Å². The van der Waals surface area contributed by atoms with Gasteiger partial charge >= 0.3 is 0 Å². The van der Waals surface area contributed by atoms with E-state index in [1.54, 1.807) is 18.2 Å². The molecule has 3 heterocycles. The molecule has 4 aromatic rings. The molecule has 5 rings (SSSR count). The van der Waals surface area contributed by atoms with E-state index in [2.05, 4.69) is 10.3 Å². The third-order valence-corrected chi connectivity index (χ3v) is 6.24. The average Bonchev–Trinajstić information content (AvgIpc) is 3.17. The van der Waals surface area contributed by atoms with Crippen molar-refractivity contribution in [3.63, 3.8) is 0 Å². The van der Waals surface area contributed by atoms with E-state index >= 15 is 0 Å². The van der Waals surface area contributed by atoms with Gasteiger partial charge in [0, 0.05) is 23.7 Å². The Morgan fingerprint density at radius 2 is 2.14 bits per heavy atom. The van der Waals surface area contributed by atoms with Gasteiger partial charge in [-0.1, -0.05) is 35.9 Å². The zero-order valence-electron chi connectivity index (χ0n) is 20.1. The number of anilines is 2. The summed E-state index contributed by atoms with van der Waals surface area (Å²) in [5.41, 5.74) is 10.5. The molecule has 0 fully saturated rings. The van der Waals surface area contributed by atoms with Crippen molar-refractivity contribution in [3.8, 4) is 22.6 Å². The smallest absolute Gasteiger partial charge is 0.261 e. The molecule has 0 aliphatic carbocycles. The molecule has 0 spiro atoms. The molecular formula is C26H25ClN6O3. The summed E-state index contributed by atoms with van der Waals surface area (Å²) in [5.74, 6) is 0.411. The van der Waals surface area contributed by atoms with Crippen molar-refractivity contribution in [1.29, 1.82) is 0 Å². The van der Waals surface area contributed by atoms with Crippen LogP contribution in [0.5, 0.6) is 5.75 Å². The fourth-order valence-corrected chi connectivity index (χ4v) is 4.48. The zero-order chi connectivity index (χ0) is 25.6. The third-order valence-electron chi connectivity index (χ3n) is 5.92. The predicted molar refractivity (Wildman–Crippen MR) is 142 cm³/mol. The first-order valence-corrected chi connectivity index (χ1v) is 11.7. The summed E-state index contributed by atoms with van der Waals surface area (Å²) in [6.07, 6.45) is 3.26. The number of carbonyl (C=O) groups excluding carboxylic acids is 1. The number of H-pyrrole nitrogens is 1. The van der Waals surface area contributed by atoms with Gasteiger partial charge in [0.2, 0.25) is 5.91 Å². The van der Waals surface area contributed by atoms with Crippen LogP contribution in [-0.2, 0) is 11.4 Å². The van der Waals surface area contributed by atoms with Gasteiger partial charge in [0.05, 0.1) is 22.1 Å². The molecule has 1 aliphatic rings. The molecule has 184 valence electrons. The highest BCUT2D eigenvalue weighted by Crippen LogP contribution is 2.44. The quantitative estimate of drug-likeness (QED) is 0.355. The van der Waals surface area contributed by atoms with E-state index in [1.807, 2.05) is 50.2 Å². The Morgan fingerprint density at radius 3 is 2.92 bits per heavy atom. The van der Waals surface area contributed by atoms with Gasteiger partial charge in [-0.25, -0.2) is 4.68 Å².